The molecule has 0 aromatic heterocycles. The van der Waals surface area contributed by atoms with Gasteiger partial charge in [0.2, 0.25) is 5.75 Å². The molecule has 0 radical (unpaired) electrons. The third kappa shape index (κ3) is 0.775. The maximum absolute atomic E-state index is 9.72. The lowest BCUT2D eigenvalue weighted by molar-refractivity contribution is -0.345. The third-order valence-corrected chi connectivity index (χ3v) is 2.68. The Hall–Kier alpha value is -1.84. The molecule has 0 unspecified atom stereocenters. The molecule has 2 aliphatic heterocycles. The molecule has 4 nitrogen and oxygen atoms in total. The Labute approximate surface area is 80.1 Å². The van der Waals surface area contributed by atoms with Crippen LogP contribution in [0.5, 0.6) is 5.75 Å². The fraction of sp³-hybridized carbons (Fsp3) is 0.200. The highest BCUT2D eigenvalue weighted by atomic mass is 16.3. The van der Waals surface area contributed by atoms with Crippen LogP contribution in [0, 0.1) is 0 Å². The molecule has 0 amide bonds. The van der Waals surface area contributed by atoms with Crippen LogP contribution in [0.3, 0.4) is 0 Å². The first kappa shape index (κ1) is 7.55. The van der Waals surface area contributed by atoms with Gasteiger partial charge in [-0.05, 0) is 12.5 Å². The maximum Gasteiger partial charge on any atom is 0.257 e. The zero-order chi connectivity index (χ0) is 9.71. The molecule has 0 fully saturated rings. The van der Waals surface area contributed by atoms with E-state index in [1.165, 1.54) is 5.57 Å². The van der Waals surface area contributed by atoms with E-state index in [0.717, 1.165) is 23.5 Å². The van der Waals surface area contributed by atoms with E-state index in [9.17, 15) is 5.11 Å². The number of phenols is 1. The first-order chi connectivity index (χ1) is 6.77. The van der Waals surface area contributed by atoms with Crippen molar-refractivity contribution in [2.45, 2.75) is 6.42 Å². The number of nitrogen functional groups attached to an aromatic ring is 1. The summed E-state index contributed by atoms with van der Waals surface area (Å²) in [5.41, 5.74) is 7.96. The molecule has 0 atom stereocenters. The molecule has 4 heteroatoms. The number of rotatable bonds is 0. The lowest BCUT2D eigenvalue weighted by Gasteiger charge is -2.03. The van der Waals surface area contributed by atoms with Crippen molar-refractivity contribution >= 4 is 23.2 Å². The van der Waals surface area contributed by atoms with Crippen LogP contribution in [0.1, 0.15) is 6.42 Å². The minimum absolute atomic E-state index is 0.132. The molecule has 4 N–H and O–H groups in total. The Morgan fingerprint density at radius 3 is 3.21 bits per heavy atom. The molecule has 0 saturated carbocycles. The molecule has 3 rings (SSSR count). The van der Waals surface area contributed by atoms with Gasteiger partial charge in [-0.25, -0.2) is 4.99 Å². The first-order valence-corrected chi connectivity index (χ1v) is 4.56. The molecular formula is C10H10N3O+. The van der Waals surface area contributed by atoms with Crippen molar-refractivity contribution in [2.75, 3.05) is 12.3 Å². The van der Waals surface area contributed by atoms with Crippen molar-refractivity contribution in [1.29, 1.82) is 0 Å². The predicted molar refractivity (Wildman–Crippen MR) is 52.9 cm³/mol. The fourth-order valence-corrected chi connectivity index (χ4v) is 1.99. The lowest BCUT2D eigenvalue weighted by Crippen LogP contribution is -2.61. The van der Waals surface area contributed by atoms with Gasteiger partial charge in [-0.15, -0.1) is 0 Å². The van der Waals surface area contributed by atoms with E-state index in [4.69, 9.17) is 5.73 Å². The number of hydrogen-bond donors (Lipinski definition) is 3. The molecule has 70 valence electrons. The van der Waals surface area contributed by atoms with Gasteiger partial charge in [0.15, 0.2) is 6.21 Å². The Morgan fingerprint density at radius 1 is 1.50 bits per heavy atom. The monoisotopic (exact) mass is 188 g/mol. The van der Waals surface area contributed by atoms with Gasteiger partial charge in [0.05, 0.1) is 16.3 Å². The van der Waals surface area contributed by atoms with E-state index in [2.05, 4.69) is 9.98 Å². The molecular weight excluding hydrogens is 178 g/mol. The molecule has 1 aromatic rings. The average molecular weight is 188 g/mol. The summed E-state index contributed by atoms with van der Waals surface area (Å²) in [6.07, 6.45) is 2.85. The summed E-state index contributed by atoms with van der Waals surface area (Å²) in [6, 6.07) is 1.73. The lowest BCUT2D eigenvalue weighted by atomic mass is 10.1. The number of anilines is 1. The standard InChI is InChI=1S/C10H9N3O/c11-6-3-7-8-5(1-2-12-7)4-13-9(8)10(6)14/h3-4,14H,1-2,11H2/p+1. The number of nitrogens with two attached hydrogens (primary N) is 1. The molecule has 14 heavy (non-hydrogen) atoms. The van der Waals surface area contributed by atoms with Gasteiger partial charge in [-0.2, -0.15) is 0 Å². The predicted octanol–water partition coefficient (Wildman–Crippen LogP) is -2.06. The number of hydrogen-bond acceptors (Lipinski definition) is 3. The normalized spacial score (nSPS) is 16.7. The number of aromatic hydroxyl groups is 1. The van der Waals surface area contributed by atoms with Gasteiger partial charge in [0, 0.05) is 12.1 Å². The summed E-state index contributed by atoms with van der Waals surface area (Å²) in [6.45, 7) is 0.796. The Bertz CT molecular complexity index is 572. The quantitative estimate of drug-likeness (QED) is 0.324. The van der Waals surface area contributed by atoms with Gasteiger partial charge >= 0.3 is 0 Å². The summed E-state index contributed by atoms with van der Waals surface area (Å²) >= 11 is 0. The van der Waals surface area contributed by atoms with Crippen LogP contribution in [0.2, 0.25) is 0 Å². The van der Waals surface area contributed by atoms with E-state index < -0.39 is 0 Å². The highest BCUT2D eigenvalue weighted by Gasteiger charge is 2.22. The number of nitrogens with zero attached hydrogens (tertiary/aromatic N) is 1. The van der Waals surface area contributed by atoms with Gasteiger partial charge < -0.3 is 10.8 Å². The Balaban J connectivity index is 2.59. The van der Waals surface area contributed by atoms with Crippen molar-refractivity contribution < 1.29 is 10.1 Å². The second-order valence-corrected chi connectivity index (χ2v) is 3.53. The summed E-state index contributed by atoms with van der Waals surface area (Å²) in [5, 5.41) is 11.6. The van der Waals surface area contributed by atoms with Crippen LogP contribution >= 0.6 is 0 Å². The van der Waals surface area contributed by atoms with Gasteiger partial charge in [-0.1, -0.05) is 0 Å². The summed E-state index contributed by atoms with van der Waals surface area (Å²) in [7, 11) is 0. The molecule has 0 bridgehead atoms. The summed E-state index contributed by atoms with van der Waals surface area (Å²) < 4.78 is 0. The van der Waals surface area contributed by atoms with Gasteiger partial charge in [0.25, 0.3) is 5.69 Å². The van der Waals surface area contributed by atoms with E-state index in [1.54, 1.807) is 6.07 Å². The molecule has 2 heterocycles. The van der Waals surface area contributed by atoms with Crippen molar-refractivity contribution in [3.05, 3.63) is 16.6 Å². The van der Waals surface area contributed by atoms with Crippen molar-refractivity contribution in [1.82, 2.24) is 0 Å². The average Bonchev–Trinajstić information content (AvgIpc) is 2.60. The number of phenolic OH excluding ortho intramolecular Hbond substituents is 1. The summed E-state index contributed by atoms with van der Waals surface area (Å²) in [4.78, 5) is 7.41. The van der Waals surface area contributed by atoms with E-state index in [0.29, 0.717) is 11.4 Å². The highest BCUT2D eigenvalue weighted by Crippen LogP contribution is 2.22. The van der Waals surface area contributed by atoms with E-state index in [1.807, 2.05) is 6.21 Å². The smallest absolute Gasteiger partial charge is 0.257 e. The third-order valence-electron chi connectivity index (χ3n) is 2.68. The zero-order valence-corrected chi connectivity index (χ0v) is 7.54. The summed E-state index contributed by atoms with van der Waals surface area (Å²) in [5.74, 6) is 0.132. The molecule has 1 aromatic carbocycles. The second-order valence-electron chi connectivity index (χ2n) is 3.53. The molecule has 2 aliphatic rings. The highest BCUT2D eigenvalue weighted by molar-refractivity contribution is 6.02. The maximum atomic E-state index is 9.72. The Kier molecular flexibility index (Phi) is 1.27. The van der Waals surface area contributed by atoms with Crippen LogP contribution in [-0.4, -0.2) is 17.9 Å². The van der Waals surface area contributed by atoms with E-state index in [-0.39, 0.29) is 5.75 Å². The van der Waals surface area contributed by atoms with Gasteiger partial charge in [-0.3, -0.25) is 4.99 Å². The second kappa shape index (κ2) is 2.35. The molecule has 0 spiro atoms. The largest absolute Gasteiger partial charge is 0.501 e. The minimum atomic E-state index is 0.132. The first-order valence-electron chi connectivity index (χ1n) is 4.56. The topological polar surface area (TPSA) is 72.6 Å². The van der Waals surface area contributed by atoms with Crippen LogP contribution in [0.25, 0.3) is 5.57 Å². The Morgan fingerprint density at radius 2 is 2.36 bits per heavy atom. The van der Waals surface area contributed by atoms with Gasteiger partial charge in [0.1, 0.15) is 0 Å². The van der Waals surface area contributed by atoms with Crippen LogP contribution in [-0.2, 0) is 0 Å². The fourth-order valence-electron chi connectivity index (χ4n) is 1.99. The van der Waals surface area contributed by atoms with Crippen LogP contribution in [0.15, 0.2) is 11.1 Å². The number of nitrogens with one attached hydrogen (secondary N) is 1. The number of benzene rings is 1. The van der Waals surface area contributed by atoms with Crippen molar-refractivity contribution in [3.63, 3.8) is 0 Å². The van der Waals surface area contributed by atoms with Crippen LogP contribution < -0.4 is 21.3 Å². The molecule has 0 saturated heterocycles. The minimum Gasteiger partial charge on any atom is -0.501 e. The SMILES string of the molecule is Nc1cc2c3c(c1O)[NH+]=CC=3CCN=2. The van der Waals surface area contributed by atoms with E-state index >= 15 is 0 Å². The van der Waals surface area contributed by atoms with Crippen LogP contribution in [0.4, 0.5) is 11.4 Å². The van der Waals surface area contributed by atoms with Crippen molar-refractivity contribution in [3.8, 4) is 5.75 Å². The zero-order valence-electron chi connectivity index (χ0n) is 7.54. The molecule has 0 aliphatic carbocycles. The van der Waals surface area contributed by atoms with Crippen molar-refractivity contribution in [2.24, 2.45) is 4.99 Å².